The van der Waals surface area contributed by atoms with Crippen LogP contribution < -0.4 is 5.32 Å². The Morgan fingerprint density at radius 2 is 2.06 bits per heavy atom. The van der Waals surface area contributed by atoms with Crippen LogP contribution in [0.5, 0.6) is 0 Å². The molecule has 0 bridgehead atoms. The van der Waals surface area contributed by atoms with E-state index < -0.39 is 18.1 Å². The number of carboxylic acids is 1. The van der Waals surface area contributed by atoms with Crippen LogP contribution in [0.3, 0.4) is 0 Å². The first-order chi connectivity index (χ1) is 8.47. The summed E-state index contributed by atoms with van der Waals surface area (Å²) < 4.78 is 0. The van der Waals surface area contributed by atoms with Crippen LogP contribution in [0.15, 0.2) is 0 Å². The summed E-state index contributed by atoms with van der Waals surface area (Å²) in [6.07, 6.45) is 0.229. The number of aliphatic hydroxyl groups is 1. The number of hydrogen-bond donors (Lipinski definition) is 3. The van der Waals surface area contributed by atoms with Gasteiger partial charge in [0.1, 0.15) is 6.04 Å². The molecular weight excluding hydrogens is 238 g/mol. The van der Waals surface area contributed by atoms with Gasteiger partial charge in [0.15, 0.2) is 0 Å². The predicted molar refractivity (Wildman–Crippen MR) is 63.2 cm³/mol. The van der Waals surface area contributed by atoms with E-state index in [4.69, 9.17) is 5.11 Å². The lowest BCUT2D eigenvalue weighted by Gasteiger charge is -2.23. The Morgan fingerprint density at radius 3 is 2.61 bits per heavy atom. The predicted octanol–water partition coefficient (Wildman–Crippen LogP) is -1.08. The van der Waals surface area contributed by atoms with Crippen molar-refractivity contribution in [2.45, 2.75) is 31.0 Å². The average Bonchev–Trinajstić information content (AvgIpc) is 2.85. The first kappa shape index (κ1) is 13.1. The summed E-state index contributed by atoms with van der Waals surface area (Å²) in [5.41, 5.74) is 0. The van der Waals surface area contributed by atoms with Crippen LogP contribution in [0.4, 0.5) is 4.79 Å². The number of carbonyl (C=O) groups is 2. The number of hydrogen-bond acceptors (Lipinski definition) is 4. The number of urea groups is 1. The largest absolute Gasteiger partial charge is 0.480 e. The van der Waals surface area contributed by atoms with Gasteiger partial charge in [-0.2, -0.15) is 0 Å². The summed E-state index contributed by atoms with van der Waals surface area (Å²) in [6, 6.07) is -1.24. The second kappa shape index (κ2) is 5.11. The number of carbonyl (C=O) groups excluding carboxylic acids is 1. The smallest absolute Gasteiger partial charge is 0.326 e. The van der Waals surface area contributed by atoms with E-state index in [0.29, 0.717) is 0 Å². The van der Waals surface area contributed by atoms with Gasteiger partial charge in [0.05, 0.1) is 6.10 Å². The zero-order valence-corrected chi connectivity index (χ0v) is 10.4. The van der Waals surface area contributed by atoms with E-state index in [1.54, 1.807) is 0 Å². The van der Waals surface area contributed by atoms with Crippen molar-refractivity contribution in [1.29, 1.82) is 0 Å². The third-order valence-corrected chi connectivity index (χ3v) is 3.54. The van der Waals surface area contributed by atoms with E-state index in [9.17, 15) is 14.7 Å². The minimum atomic E-state index is -1.06. The molecule has 3 N–H and O–H groups in total. The molecule has 0 radical (unpaired) electrons. The van der Waals surface area contributed by atoms with Gasteiger partial charge in [0, 0.05) is 25.6 Å². The van der Waals surface area contributed by atoms with Crippen molar-refractivity contribution >= 4 is 12.0 Å². The Labute approximate surface area is 105 Å². The maximum atomic E-state index is 12.0. The fourth-order valence-electron chi connectivity index (χ4n) is 2.58. The fourth-order valence-corrected chi connectivity index (χ4v) is 2.58. The second-order valence-electron chi connectivity index (χ2n) is 5.09. The van der Waals surface area contributed by atoms with E-state index in [1.165, 1.54) is 4.90 Å². The maximum absolute atomic E-state index is 12.0. The molecule has 0 aromatic carbocycles. The molecule has 2 aliphatic heterocycles. The van der Waals surface area contributed by atoms with Gasteiger partial charge in [-0.25, -0.2) is 9.59 Å². The second-order valence-corrected chi connectivity index (χ2v) is 5.09. The number of likely N-dealkylation sites (N-methyl/N-ethyl adjacent to an activating group) is 1. The van der Waals surface area contributed by atoms with Gasteiger partial charge >= 0.3 is 12.0 Å². The number of amides is 2. The first-order valence-corrected chi connectivity index (χ1v) is 6.14. The molecule has 102 valence electrons. The van der Waals surface area contributed by atoms with Crippen molar-refractivity contribution < 1.29 is 19.8 Å². The lowest BCUT2D eigenvalue weighted by atomic mass is 10.2. The highest BCUT2D eigenvalue weighted by atomic mass is 16.4. The molecule has 3 atom stereocenters. The third-order valence-electron chi connectivity index (χ3n) is 3.54. The first-order valence-electron chi connectivity index (χ1n) is 6.14. The molecule has 2 amide bonds. The topological polar surface area (TPSA) is 93.1 Å². The Kier molecular flexibility index (Phi) is 3.72. The Morgan fingerprint density at radius 1 is 1.33 bits per heavy atom. The number of aliphatic carboxylic acids is 1. The zero-order valence-electron chi connectivity index (χ0n) is 10.4. The summed E-state index contributed by atoms with van der Waals surface area (Å²) in [4.78, 5) is 26.3. The molecule has 18 heavy (non-hydrogen) atoms. The molecule has 2 saturated heterocycles. The molecule has 1 unspecified atom stereocenters. The van der Waals surface area contributed by atoms with E-state index in [1.807, 2.05) is 7.05 Å². The van der Waals surface area contributed by atoms with Crippen molar-refractivity contribution in [3.8, 4) is 0 Å². The summed E-state index contributed by atoms with van der Waals surface area (Å²) in [6.45, 7) is 1.79. The number of rotatable bonds is 2. The molecule has 2 aliphatic rings. The highest BCUT2D eigenvalue weighted by Gasteiger charge is 2.39. The van der Waals surface area contributed by atoms with E-state index in [2.05, 4.69) is 10.2 Å². The third kappa shape index (κ3) is 2.73. The summed E-state index contributed by atoms with van der Waals surface area (Å²) in [5, 5.41) is 21.3. The van der Waals surface area contributed by atoms with Crippen LogP contribution in [0.2, 0.25) is 0 Å². The summed E-state index contributed by atoms with van der Waals surface area (Å²) >= 11 is 0. The van der Waals surface area contributed by atoms with Crippen LogP contribution in [0.1, 0.15) is 12.8 Å². The highest BCUT2D eigenvalue weighted by molar-refractivity contribution is 5.83. The standard InChI is InChI=1S/C11H19N3O4/c1-13-3-2-7(5-13)12-11(18)14-6-8(15)4-9(14)10(16)17/h7-9,15H,2-6H2,1H3,(H,12,18)(H,16,17)/t7?,8-,9+/m1/s1. The van der Waals surface area contributed by atoms with Crippen molar-refractivity contribution in [3.63, 3.8) is 0 Å². The van der Waals surface area contributed by atoms with Gasteiger partial charge in [-0.3, -0.25) is 0 Å². The number of likely N-dealkylation sites (tertiary alicyclic amines) is 2. The van der Waals surface area contributed by atoms with Crippen LogP contribution in [0, 0.1) is 0 Å². The van der Waals surface area contributed by atoms with Crippen LogP contribution in [-0.2, 0) is 4.79 Å². The molecular formula is C11H19N3O4. The zero-order chi connectivity index (χ0) is 13.3. The fraction of sp³-hybridized carbons (Fsp3) is 0.818. The summed E-state index contributed by atoms with van der Waals surface area (Å²) in [7, 11) is 1.98. The van der Waals surface area contributed by atoms with Crippen molar-refractivity contribution in [2.75, 3.05) is 26.7 Å². The Bertz CT molecular complexity index is 349. The minimum absolute atomic E-state index is 0.0645. The summed E-state index contributed by atoms with van der Waals surface area (Å²) in [5.74, 6) is -1.06. The minimum Gasteiger partial charge on any atom is -0.480 e. The lowest BCUT2D eigenvalue weighted by Crippen LogP contribution is -2.49. The normalized spacial score (nSPS) is 32.8. The van der Waals surface area contributed by atoms with E-state index in [-0.39, 0.29) is 25.0 Å². The quantitative estimate of drug-likeness (QED) is 0.585. The molecule has 0 aromatic rings. The molecule has 0 aromatic heterocycles. The van der Waals surface area contributed by atoms with Crippen molar-refractivity contribution in [3.05, 3.63) is 0 Å². The van der Waals surface area contributed by atoms with Gasteiger partial charge < -0.3 is 25.3 Å². The molecule has 0 spiro atoms. The number of carboxylic acid groups (broad SMARTS) is 1. The van der Waals surface area contributed by atoms with Crippen LogP contribution in [0.25, 0.3) is 0 Å². The van der Waals surface area contributed by atoms with Crippen LogP contribution in [-0.4, -0.2) is 76.9 Å². The van der Waals surface area contributed by atoms with Crippen LogP contribution >= 0.6 is 0 Å². The van der Waals surface area contributed by atoms with Gasteiger partial charge in [-0.05, 0) is 20.0 Å². The van der Waals surface area contributed by atoms with Crippen molar-refractivity contribution in [2.24, 2.45) is 0 Å². The van der Waals surface area contributed by atoms with Gasteiger partial charge in [-0.15, -0.1) is 0 Å². The molecule has 2 heterocycles. The molecule has 7 nitrogen and oxygen atoms in total. The molecule has 7 heteroatoms. The number of nitrogens with one attached hydrogen (secondary N) is 1. The number of nitrogens with zero attached hydrogens (tertiary/aromatic N) is 2. The molecule has 0 saturated carbocycles. The Hall–Kier alpha value is -1.34. The number of aliphatic hydroxyl groups excluding tert-OH is 1. The molecule has 2 rings (SSSR count). The average molecular weight is 257 g/mol. The Balaban J connectivity index is 1.93. The van der Waals surface area contributed by atoms with Gasteiger partial charge in [-0.1, -0.05) is 0 Å². The van der Waals surface area contributed by atoms with Gasteiger partial charge in [0.25, 0.3) is 0 Å². The van der Waals surface area contributed by atoms with E-state index >= 15 is 0 Å². The molecule has 0 aliphatic carbocycles. The lowest BCUT2D eigenvalue weighted by molar-refractivity contribution is -0.141. The monoisotopic (exact) mass is 257 g/mol. The molecule has 2 fully saturated rings. The SMILES string of the molecule is CN1CCC(NC(=O)N2C[C@H](O)C[C@H]2C(=O)O)C1. The number of β-amino-alcohol motifs (C(OH)–C–C–N with tert-alkyl or cyclic N) is 1. The highest BCUT2D eigenvalue weighted by Crippen LogP contribution is 2.18. The van der Waals surface area contributed by atoms with Crippen molar-refractivity contribution in [1.82, 2.24) is 15.1 Å². The van der Waals surface area contributed by atoms with E-state index in [0.717, 1.165) is 19.5 Å². The van der Waals surface area contributed by atoms with Gasteiger partial charge in [0.2, 0.25) is 0 Å². The maximum Gasteiger partial charge on any atom is 0.326 e.